The van der Waals surface area contributed by atoms with Crippen LogP contribution in [-0.2, 0) is 26.6 Å². The van der Waals surface area contributed by atoms with Crippen LogP contribution in [0.3, 0.4) is 0 Å². The van der Waals surface area contributed by atoms with Gasteiger partial charge >= 0.3 is 0 Å². The fraction of sp³-hybridized carbons (Fsp3) is 0.531. The van der Waals surface area contributed by atoms with Crippen LogP contribution in [0.1, 0.15) is 60.5 Å². The minimum atomic E-state index is -4.13. The largest absolute Gasteiger partial charge is 0.490 e. The van der Waals surface area contributed by atoms with Crippen molar-refractivity contribution >= 4 is 33.2 Å². The van der Waals surface area contributed by atoms with Gasteiger partial charge in [-0.1, -0.05) is 29.8 Å². The Kier molecular flexibility index (Phi) is 8.06. The molecule has 2 N–H and O–H groups in total. The Bertz CT molecular complexity index is 1500. The van der Waals surface area contributed by atoms with Gasteiger partial charge in [0.2, 0.25) is 10.0 Å². The molecule has 6 atom stereocenters. The maximum atomic E-state index is 13.3. The molecule has 1 saturated carbocycles. The predicted molar refractivity (Wildman–Crippen MR) is 163 cm³/mol. The van der Waals surface area contributed by atoms with Crippen molar-refractivity contribution in [3.05, 3.63) is 70.3 Å². The summed E-state index contributed by atoms with van der Waals surface area (Å²) in [4.78, 5) is 15.6. The van der Waals surface area contributed by atoms with Crippen molar-refractivity contribution in [2.75, 3.05) is 31.7 Å². The molecule has 2 aromatic carbocycles. The topological polar surface area (TPSA) is 105 Å². The zero-order chi connectivity index (χ0) is 29.6. The molecule has 2 bridgehead atoms. The Morgan fingerprint density at radius 2 is 2.02 bits per heavy atom. The number of nitrogens with zero attached hydrogens (tertiary/aromatic N) is 1. The van der Waals surface area contributed by atoms with E-state index in [1.54, 1.807) is 31.4 Å². The fourth-order valence-electron chi connectivity index (χ4n) is 7.22. The number of anilines is 1. The highest BCUT2D eigenvalue weighted by atomic mass is 35.5. The molecular weight excluding hydrogens is 576 g/mol. The second-order valence-electron chi connectivity index (χ2n) is 12.4. The normalized spacial score (nSPS) is 33.3. The predicted octanol–water partition coefficient (Wildman–Crippen LogP) is 4.62. The van der Waals surface area contributed by atoms with Gasteiger partial charge in [-0.05, 0) is 98.7 Å². The molecule has 1 spiro atoms. The number of aryl methyl sites for hydroxylation is 1. The van der Waals surface area contributed by atoms with Crippen LogP contribution in [0.25, 0.3) is 0 Å². The number of rotatable bonds is 1. The summed E-state index contributed by atoms with van der Waals surface area (Å²) in [6.45, 7) is 3.37. The molecule has 0 unspecified atom stereocenters. The number of hydrogen-bond acceptors (Lipinski definition) is 7. The molecule has 0 saturated heterocycles. The fourth-order valence-corrected chi connectivity index (χ4v) is 8.50. The van der Waals surface area contributed by atoms with Crippen molar-refractivity contribution in [3.8, 4) is 5.75 Å². The molecule has 4 aliphatic rings. The average molecular weight is 615 g/mol. The van der Waals surface area contributed by atoms with E-state index in [9.17, 15) is 18.3 Å². The van der Waals surface area contributed by atoms with Crippen LogP contribution in [-0.4, -0.2) is 63.7 Å². The molecule has 0 aromatic heterocycles. The second kappa shape index (κ2) is 11.5. The number of nitrogens with one attached hydrogen (secondary N) is 1. The monoisotopic (exact) mass is 614 g/mol. The minimum absolute atomic E-state index is 0.141. The molecule has 10 heteroatoms. The highest BCUT2D eigenvalue weighted by molar-refractivity contribution is 7.90. The third-order valence-corrected chi connectivity index (χ3v) is 11.9. The molecule has 226 valence electrons. The summed E-state index contributed by atoms with van der Waals surface area (Å²) in [7, 11) is -2.44. The van der Waals surface area contributed by atoms with Crippen LogP contribution < -0.4 is 14.4 Å². The lowest BCUT2D eigenvalue weighted by atomic mass is 9.68. The van der Waals surface area contributed by atoms with Crippen LogP contribution >= 0.6 is 11.6 Å². The van der Waals surface area contributed by atoms with E-state index in [-0.39, 0.29) is 29.4 Å². The van der Waals surface area contributed by atoms with Gasteiger partial charge in [0.25, 0.3) is 5.91 Å². The number of amides is 1. The molecule has 42 heavy (non-hydrogen) atoms. The van der Waals surface area contributed by atoms with E-state index in [4.69, 9.17) is 21.1 Å². The molecule has 0 radical (unpaired) electrons. The van der Waals surface area contributed by atoms with Crippen molar-refractivity contribution < 1.29 is 27.8 Å². The van der Waals surface area contributed by atoms with Gasteiger partial charge in [-0.15, -0.1) is 0 Å². The van der Waals surface area contributed by atoms with Gasteiger partial charge < -0.3 is 19.5 Å². The highest BCUT2D eigenvalue weighted by Crippen LogP contribution is 2.47. The van der Waals surface area contributed by atoms with Gasteiger partial charge in [0.05, 0.1) is 24.5 Å². The summed E-state index contributed by atoms with van der Waals surface area (Å²) in [5.74, 6) is 0.587. The molecular formula is C32H39ClN2O6S. The minimum Gasteiger partial charge on any atom is -0.490 e. The van der Waals surface area contributed by atoms with Gasteiger partial charge in [0.15, 0.2) is 0 Å². The van der Waals surface area contributed by atoms with Crippen LogP contribution in [0.2, 0.25) is 5.02 Å². The zero-order valence-electron chi connectivity index (χ0n) is 24.1. The Labute approximate surface area is 253 Å². The van der Waals surface area contributed by atoms with Gasteiger partial charge in [0, 0.05) is 36.2 Å². The molecule has 2 aromatic rings. The first kappa shape index (κ1) is 29.5. The summed E-state index contributed by atoms with van der Waals surface area (Å²) >= 11 is 6.39. The molecule has 6 rings (SSSR count). The number of carbonyl (C=O) groups excluding carboxylic acids is 1. The van der Waals surface area contributed by atoms with Gasteiger partial charge in [0.1, 0.15) is 11.0 Å². The number of fused-ring (bicyclic) bond motifs is 4. The van der Waals surface area contributed by atoms with Crippen molar-refractivity contribution in [2.24, 2.45) is 11.8 Å². The lowest BCUT2D eigenvalue weighted by molar-refractivity contribution is 0.0130. The molecule has 8 nitrogen and oxygen atoms in total. The zero-order valence-corrected chi connectivity index (χ0v) is 25.7. The second-order valence-corrected chi connectivity index (χ2v) is 14.9. The van der Waals surface area contributed by atoms with Gasteiger partial charge in [-0.3, -0.25) is 4.79 Å². The smallest absolute Gasteiger partial charge is 0.264 e. The van der Waals surface area contributed by atoms with Crippen LogP contribution in [0.5, 0.6) is 5.75 Å². The summed E-state index contributed by atoms with van der Waals surface area (Å²) in [6.07, 6.45) is 7.62. The number of aliphatic hydroxyl groups is 1. The maximum absolute atomic E-state index is 13.3. The molecule has 1 fully saturated rings. The van der Waals surface area contributed by atoms with Crippen molar-refractivity contribution in [1.82, 2.24) is 4.72 Å². The number of benzene rings is 2. The lowest BCUT2D eigenvalue weighted by Crippen LogP contribution is -2.49. The van der Waals surface area contributed by atoms with E-state index >= 15 is 0 Å². The molecule has 2 aliphatic carbocycles. The quantitative estimate of drug-likeness (QED) is 0.452. The first-order chi connectivity index (χ1) is 20.1. The summed E-state index contributed by atoms with van der Waals surface area (Å²) < 4.78 is 40.7. The van der Waals surface area contributed by atoms with E-state index in [2.05, 4.69) is 21.8 Å². The SMILES string of the molecule is CO[C@H]1/C=C/C[C@@H](O)[C@@H](C)S(=O)(=O)NC(=O)c2ccc3c(c2)N(C[C@@H]2CC[C@H]21)C[C@@]1(CCCc2cc(Cl)ccc21)CO3. The van der Waals surface area contributed by atoms with E-state index in [0.29, 0.717) is 24.8 Å². The number of hydrogen-bond donors (Lipinski definition) is 2. The summed E-state index contributed by atoms with van der Waals surface area (Å²) in [6, 6.07) is 11.3. The average Bonchev–Trinajstić information content (AvgIpc) is 3.10. The van der Waals surface area contributed by atoms with E-state index < -0.39 is 27.3 Å². The summed E-state index contributed by atoms with van der Waals surface area (Å²) in [5.41, 5.74) is 3.28. The Morgan fingerprint density at radius 3 is 2.79 bits per heavy atom. The number of methoxy groups -OCH3 is 1. The van der Waals surface area contributed by atoms with Crippen LogP contribution in [0, 0.1) is 11.8 Å². The number of carbonyl (C=O) groups is 1. The van der Waals surface area contributed by atoms with E-state index in [0.717, 1.165) is 49.4 Å². The third-order valence-electron chi connectivity index (χ3n) is 9.89. The van der Waals surface area contributed by atoms with Gasteiger partial charge in [-0.25, -0.2) is 13.1 Å². The highest BCUT2D eigenvalue weighted by Gasteiger charge is 2.44. The maximum Gasteiger partial charge on any atom is 0.264 e. The lowest BCUT2D eigenvalue weighted by Gasteiger charge is -2.46. The Balaban J connectivity index is 1.43. The standard InChI is InChI=1S/C32H39ClN2O6S/c1-20-28(36)6-3-7-29(40-2)25-11-8-23(25)17-35-18-32(14-4-5-21-15-24(33)10-12-26(21)32)19-41-30-13-9-22(16-27(30)35)31(37)34-42(20,38)39/h3,7,9-10,12-13,15-16,20,23,25,28-29,36H,4-6,8,11,14,17-19H2,1-2H3,(H,34,37)/b7-3+/t20-,23+,25-,28-,29+,32+/m1/s1. The first-order valence-electron chi connectivity index (χ1n) is 14.8. The van der Waals surface area contributed by atoms with E-state index in [1.165, 1.54) is 18.1 Å². The number of sulfonamides is 1. The van der Waals surface area contributed by atoms with Crippen molar-refractivity contribution in [1.29, 1.82) is 0 Å². The molecule has 2 aliphatic heterocycles. The Hall–Kier alpha value is -2.59. The molecule has 2 heterocycles. The third kappa shape index (κ3) is 5.45. The van der Waals surface area contributed by atoms with Crippen molar-refractivity contribution in [2.45, 2.75) is 68.3 Å². The molecule has 1 amide bonds. The number of aliphatic hydroxyl groups excluding tert-OH is 1. The van der Waals surface area contributed by atoms with Crippen LogP contribution in [0.4, 0.5) is 5.69 Å². The van der Waals surface area contributed by atoms with E-state index in [1.807, 2.05) is 12.1 Å². The van der Waals surface area contributed by atoms with Crippen molar-refractivity contribution in [3.63, 3.8) is 0 Å². The first-order valence-corrected chi connectivity index (χ1v) is 16.8. The number of halogens is 1. The van der Waals surface area contributed by atoms with Crippen LogP contribution in [0.15, 0.2) is 48.6 Å². The van der Waals surface area contributed by atoms with Gasteiger partial charge in [-0.2, -0.15) is 0 Å². The number of ether oxygens (including phenoxy) is 2. The Morgan fingerprint density at radius 1 is 1.19 bits per heavy atom. The summed E-state index contributed by atoms with van der Waals surface area (Å²) in [5, 5.41) is 10.2.